The number of ketones is 1. The number of Topliss-reactive ketones (excluding diaryl/α,β-unsaturated/α-hetero) is 1. The monoisotopic (exact) mass is 234 g/mol. The molecule has 0 radical (unpaired) electrons. The zero-order valence-corrected chi connectivity index (χ0v) is 11.1. The summed E-state index contributed by atoms with van der Waals surface area (Å²) in [5, 5.41) is 4.57. The van der Waals surface area contributed by atoms with Crippen molar-refractivity contribution in [2.45, 2.75) is 59.4 Å². The first-order valence-electron chi connectivity index (χ1n) is 6.63. The fourth-order valence-corrected chi connectivity index (χ4v) is 2.79. The maximum Gasteiger partial charge on any atom is 0.133 e. The third-order valence-corrected chi connectivity index (χ3v) is 3.81. The second kappa shape index (κ2) is 4.63. The molecule has 0 aliphatic heterocycles. The van der Waals surface area contributed by atoms with Gasteiger partial charge in [-0.1, -0.05) is 13.8 Å². The Bertz CT molecular complexity index is 422. The average Bonchev–Trinajstić information content (AvgIpc) is 2.83. The number of aryl methyl sites for hydroxylation is 2. The Hall–Kier alpha value is -1.12. The predicted octanol–water partition coefficient (Wildman–Crippen LogP) is 2.77. The first kappa shape index (κ1) is 12.3. The van der Waals surface area contributed by atoms with E-state index in [9.17, 15) is 4.79 Å². The molecule has 1 aromatic rings. The van der Waals surface area contributed by atoms with Gasteiger partial charge in [-0.05, 0) is 37.7 Å². The number of aromatic nitrogens is 2. The predicted molar refractivity (Wildman–Crippen MR) is 67.9 cm³/mol. The zero-order chi connectivity index (χ0) is 12.5. The van der Waals surface area contributed by atoms with Gasteiger partial charge in [0, 0.05) is 25.1 Å². The summed E-state index contributed by atoms with van der Waals surface area (Å²) in [4.78, 5) is 11.4. The molecule has 0 saturated heterocycles. The van der Waals surface area contributed by atoms with Crippen molar-refractivity contribution in [2.24, 2.45) is 5.41 Å². The molecular formula is C14H22N2O. The Morgan fingerprint density at radius 3 is 2.76 bits per heavy atom. The molecule has 3 nitrogen and oxygen atoms in total. The fraction of sp³-hybridized carbons (Fsp3) is 0.714. The van der Waals surface area contributed by atoms with Crippen LogP contribution in [0.4, 0.5) is 0 Å². The maximum absolute atomic E-state index is 11.4. The van der Waals surface area contributed by atoms with E-state index in [-0.39, 0.29) is 5.41 Å². The number of hydrogen-bond donors (Lipinski definition) is 0. The van der Waals surface area contributed by atoms with E-state index in [1.54, 1.807) is 0 Å². The van der Waals surface area contributed by atoms with Gasteiger partial charge in [-0.2, -0.15) is 5.10 Å². The largest absolute Gasteiger partial charge is 0.300 e. The van der Waals surface area contributed by atoms with Gasteiger partial charge in [0.1, 0.15) is 5.78 Å². The highest BCUT2D eigenvalue weighted by molar-refractivity contribution is 5.81. The van der Waals surface area contributed by atoms with Crippen LogP contribution in [-0.2, 0) is 24.2 Å². The van der Waals surface area contributed by atoms with Crippen LogP contribution >= 0.6 is 0 Å². The van der Waals surface area contributed by atoms with Crippen molar-refractivity contribution in [3.63, 3.8) is 0 Å². The van der Waals surface area contributed by atoms with Crippen LogP contribution in [0, 0.1) is 5.41 Å². The molecule has 0 spiro atoms. The molecule has 0 N–H and O–H groups in total. The van der Waals surface area contributed by atoms with Gasteiger partial charge in [0.05, 0.1) is 5.69 Å². The van der Waals surface area contributed by atoms with Gasteiger partial charge in [-0.25, -0.2) is 0 Å². The molecule has 0 aromatic carbocycles. The van der Waals surface area contributed by atoms with Gasteiger partial charge in [0.15, 0.2) is 0 Å². The smallest absolute Gasteiger partial charge is 0.133 e. The quantitative estimate of drug-likeness (QED) is 0.803. The van der Waals surface area contributed by atoms with Crippen LogP contribution in [0.5, 0.6) is 0 Å². The highest BCUT2D eigenvalue weighted by Gasteiger charge is 2.34. The first-order chi connectivity index (χ1) is 8.06. The van der Waals surface area contributed by atoms with Crippen molar-refractivity contribution in [2.75, 3.05) is 0 Å². The molecule has 1 saturated carbocycles. The lowest BCUT2D eigenvalue weighted by Crippen LogP contribution is -2.18. The Morgan fingerprint density at radius 2 is 2.24 bits per heavy atom. The summed E-state index contributed by atoms with van der Waals surface area (Å²) < 4.78 is 2.09. The summed E-state index contributed by atoms with van der Waals surface area (Å²) in [5.41, 5.74) is 2.62. The van der Waals surface area contributed by atoms with Crippen molar-refractivity contribution < 1.29 is 4.79 Å². The molecule has 94 valence electrons. The molecule has 1 heterocycles. The number of hydrogen-bond acceptors (Lipinski definition) is 2. The van der Waals surface area contributed by atoms with Crippen LogP contribution in [0.25, 0.3) is 0 Å². The molecule has 1 atom stereocenters. The van der Waals surface area contributed by atoms with Crippen LogP contribution in [0.2, 0.25) is 0 Å². The van der Waals surface area contributed by atoms with Crippen LogP contribution < -0.4 is 0 Å². The van der Waals surface area contributed by atoms with E-state index < -0.39 is 0 Å². The summed E-state index contributed by atoms with van der Waals surface area (Å²) in [5.74, 6) is 0.422. The lowest BCUT2D eigenvalue weighted by atomic mass is 9.83. The minimum atomic E-state index is 0.162. The van der Waals surface area contributed by atoms with E-state index in [1.807, 2.05) is 0 Å². The SMILES string of the molecule is CCc1cc(CC2(C)CCC(=O)C2)n(CC)n1. The molecule has 0 amide bonds. The molecule has 1 fully saturated rings. The molecule has 1 aliphatic rings. The molecule has 3 heteroatoms. The third-order valence-electron chi connectivity index (χ3n) is 3.81. The van der Waals surface area contributed by atoms with Crippen LogP contribution in [0.1, 0.15) is 51.4 Å². The molecule has 1 aliphatic carbocycles. The van der Waals surface area contributed by atoms with E-state index in [0.29, 0.717) is 5.78 Å². The van der Waals surface area contributed by atoms with Gasteiger partial charge in [0.2, 0.25) is 0 Å². The summed E-state index contributed by atoms with van der Waals surface area (Å²) in [7, 11) is 0. The Balaban J connectivity index is 2.17. The van der Waals surface area contributed by atoms with E-state index in [4.69, 9.17) is 0 Å². The molecule has 1 aromatic heterocycles. The van der Waals surface area contributed by atoms with Gasteiger partial charge in [0.25, 0.3) is 0 Å². The summed E-state index contributed by atoms with van der Waals surface area (Å²) in [6.45, 7) is 7.40. The van der Waals surface area contributed by atoms with Gasteiger partial charge in [-0.15, -0.1) is 0 Å². The minimum absolute atomic E-state index is 0.162. The number of carbonyl (C=O) groups is 1. The molecule has 1 unspecified atom stereocenters. The van der Waals surface area contributed by atoms with E-state index in [0.717, 1.165) is 44.3 Å². The minimum Gasteiger partial charge on any atom is -0.300 e. The molecular weight excluding hydrogens is 212 g/mol. The lowest BCUT2D eigenvalue weighted by molar-refractivity contribution is -0.117. The number of carbonyl (C=O) groups excluding carboxylic acids is 1. The number of nitrogens with zero attached hydrogens (tertiary/aromatic N) is 2. The van der Waals surface area contributed by atoms with Crippen LogP contribution in [0.3, 0.4) is 0 Å². The van der Waals surface area contributed by atoms with Gasteiger partial charge in [-0.3, -0.25) is 9.48 Å². The van der Waals surface area contributed by atoms with Crippen molar-refractivity contribution in [3.05, 3.63) is 17.5 Å². The standard InChI is InChI=1S/C14H22N2O/c1-4-11-8-12(16(5-2)15-11)9-14(3)7-6-13(17)10-14/h8H,4-7,9-10H2,1-3H3. The van der Waals surface area contributed by atoms with Crippen LogP contribution in [-0.4, -0.2) is 15.6 Å². The zero-order valence-electron chi connectivity index (χ0n) is 11.1. The Labute approximate surface area is 103 Å². The van der Waals surface area contributed by atoms with Gasteiger partial charge >= 0.3 is 0 Å². The number of rotatable bonds is 4. The van der Waals surface area contributed by atoms with E-state index in [2.05, 4.69) is 36.6 Å². The Kier molecular flexibility index (Phi) is 3.36. The highest BCUT2D eigenvalue weighted by Crippen LogP contribution is 2.38. The second-order valence-electron chi connectivity index (χ2n) is 5.50. The van der Waals surface area contributed by atoms with Crippen molar-refractivity contribution >= 4 is 5.78 Å². The Morgan fingerprint density at radius 1 is 1.47 bits per heavy atom. The van der Waals surface area contributed by atoms with Crippen LogP contribution in [0.15, 0.2) is 6.07 Å². The first-order valence-corrected chi connectivity index (χ1v) is 6.63. The normalized spacial score (nSPS) is 24.5. The summed E-state index contributed by atoms with van der Waals surface area (Å²) in [6.07, 6.45) is 4.50. The summed E-state index contributed by atoms with van der Waals surface area (Å²) in [6, 6.07) is 2.21. The maximum atomic E-state index is 11.4. The molecule has 0 bridgehead atoms. The van der Waals surface area contributed by atoms with Gasteiger partial charge < -0.3 is 0 Å². The van der Waals surface area contributed by atoms with Crippen molar-refractivity contribution in [1.82, 2.24) is 9.78 Å². The molecule has 17 heavy (non-hydrogen) atoms. The van der Waals surface area contributed by atoms with E-state index in [1.165, 1.54) is 5.69 Å². The molecule has 2 rings (SSSR count). The van der Waals surface area contributed by atoms with Crippen molar-refractivity contribution in [3.8, 4) is 0 Å². The highest BCUT2D eigenvalue weighted by atomic mass is 16.1. The second-order valence-corrected chi connectivity index (χ2v) is 5.50. The summed E-state index contributed by atoms with van der Waals surface area (Å²) >= 11 is 0. The van der Waals surface area contributed by atoms with Crippen molar-refractivity contribution in [1.29, 1.82) is 0 Å². The fourth-order valence-electron chi connectivity index (χ4n) is 2.79. The lowest BCUT2D eigenvalue weighted by Gasteiger charge is -2.22. The van der Waals surface area contributed by atoms with E-state index >= 15 is 0 Å². The average molecular weight is 234 g/mol. The topological polar surface area (TPSA) is 34.9 Å². The third kappa shape index (κ3) is 2.59.